The minimum absolute atomic E-state index is 0.192. The Balaban J connectivity index is 1.19. The predicted octanol–water partition coefficient (Wildman–Crippen LogP) is 3.82. The van der Waals surface area contributed by atoms with Crippen LogP contribution < -0.4 is 5.32 Å². The number of nitrogens with zero attached hydrogens (tertiary/aromatic N) is 3. The number of aromatic nitrogens is 3. The number of thiazole rings is 1. The van der Waals surface area contributed by atoms with Crippen LogP contribution in [0.25, 0.3) is 10.8 Å². The molecule has 2 aromatic rings. The Bertz CT molecular complexity index is 768. The Kier molecular flexibility index (Phi) is 4.03. The van der Waals surface area contributed by atoms with Crippen molar-refractivity contribution in [3.05, 3.63) is 29.5 Å². The van der Waals surface area contributed by atoms with Crippen molar-refractivity contribution in [1.29, 1.82) is 0 Å². The highest BCUT2D eigenvalue weighted by atomic mass is 32.1. The third-order valence-corrected chi connectivity index (χ3v) is 7.36. The van der Waals surface area contributed by atoms with Gasteiger partial charge in [0, 0.05) is 24.2 Å². The quantitative estimate of drug-likeness (QED) is 0.871. The van der Waals surface area contributed by atoms with E-state index >= 15 is 0 Å². The van der Waals surface area contributed by atoms with Crippen molar-refractivity contribution < 1.29 is 4.79 Å². The van der Waals surface area contributed by atoms with Crippen LogP contribution in [0.1, 0.15) is 50.6 Å². The minimum Gasteiger partial charge on any atom is -0.350 e. The van der Waals surface area contributed by atoms with Crippen LogP contribution in [0.3, 0.4) is 0 Å². The Morgan fingerprint density at radius 1 is 1.12 bits per heavy atom. The van der Waals surface area contributed by atoms with Crippen molar-refractivity contribution in [2.75, 3.05) is 0 Å². The summed E-state index contributed by atoms with van der Waals surface area (Å²) in [6.07, 6.45) is 12.2. The summed E-state index contributed by atoms with van der Waals surface area (Å²) in [6.45, 7) is 0.495. The fraction of sp³-hybridized carbons (Fsp3) is 0.600. The Labute approximate surface area is 157 Å². The molecule has 4 aliphatic carbocycles. The van der Waals surface area contributed by atoms with Crippen molar-refractivity contribution >= 4 is 17.2 Å². The molecule has 0 spiro atoms. The van der Waals surface area contributed by atoms with Gasteiger partial charge < -0.3 is 5.32 Å². The summed E-state index contributed by atoms with van der Waals surface area (Å²) in [5, 5.41) is 5.89. The normalized spacial score (nSPS) is 31.9. The van der Waals surface area contributed by atoms with E-state index in [1.54, 1.807) is 18.5 Å². The van der Waals surface area contributed by atoms with Gasteiger partial charge in [0.05, 0.1) is 12.2 Å². The summed E-state index contributed by atoms with van der Waals surface area (Å²) in [5.41, 5.74) is 1.18. The first-order chi connectivity index (χ1) is 12.7. The Morgan fingerprint density at radius 2 is 1.77 bits per heavy atom. The van der Waals surface area contributed by atoms with Crippen LogP contribution in [0, 0.1) is 23.2 Å². The van der Waals surface area contributed by atoms with Crippen LogP contribution in [-0.2, 0) is 11.3 Å². The first kappa shape index (κ1) is 16.4. The monoisotopic (exact) mass is 368 g/mol. The second-order valence-electron chi connectivity index (χ2n) is 8.59. The SMILES string of the molecule is O=C(CC12CC3CC(CC(C3)C1)C2)NCc1csc(-c2ncccn2)n1. The van der Waals surface area contributed by atoms with Gasteiger partial charge in [-0.1, -0.05) is 0 Å². The second-order valence-corrected chi connectivity index (χ2v) is 9.45. The second kappa shape index (κ2) is 6.41. The van der Waals surface area contributed by atoms with Crippen LogP contribution >= 0.6 is 11.3 Å². The zero-order chi connectivity index (χ0) is 17.6. The molecule has 2 aromatic heterocycles. The molecule has 0 radical (unpaired) electrons. The lowest BCUT2D eigenvalue weighted by atomic mass is 9.49. The van der Waals surface area contributed by atoms with Gasteiger partial charge in [-0.2, -0.15) is 0 Å². The molecule has 4 saturated carbocycles. The number of rotatable bonds is 5. The van der Waals surface area contributed by atoms with E-state index in [1.165, 1.54) is 49.9 Å². The minimum atomic E-state index is 0.192. The summed E-state index contributed by atoms with van der Waals surface area (Å²) >= 11 is 1.52. The maximum Gasteiger partial charge on any atom is 0.220 e. The van der Waals surface area contributed by atoms with Gasteiger partial charge in [0.1, 0.15) is 0 Å². The molecule has 0 saturated heterocycles. The van der Waals surface area contributed by atoms with Crippen molar-refractivity contribution in [3.63, 3.8) is 0 Å². The molecule has 0 aliphatic heterocycles. The molecule has 0 atom stereocenters. The topological polar surface area (TPSA) is 67.8 Å². The molecule has 4 fully saturated rings. The summed E-state index contributed by atoms with van der Waals surface area (Å²) in [6, 6.07) is 1.79. The van der Waals surface area contributed by atoms with Gasteiger partial charge in [-0.05, 0) is 67.8 Å². The lowest BCUT2D eigenvalue weighted by Crippen LogP contribution is -2.47. The van der Waals surface area contributed by atoms with Gasteiger partial charge in [0.25, 0.3) is 0 Å². The highest BCUT2D eigenvalue weighted by Gasteiger charge is 2.51. The van der Waals surface area contributed by atoms with E-state index in [2.05, 4.69) is 20.3 Å². The maximum atomic E-state index is 12.6. The zero-order valence-corrected chi connectivity index (χ0v) is 15.7. The largest absolute Gasteiger partial charge is 0.350 e. The van der Waals surface area contributed by atoms with Crippen LogP contribution in [0.4, 0.5) is 0 Å². The molecule has 4 aliphatic rings. The number of hydrogen-bond donors (Lipinski definition) is 1. The van der Waals surface area contributed by atoms with Crippen LogP contribution in [0.15, 0.2) is 23.8 Å². The molecule has 5 nitrogen and oxygen atoms in total. The van der Waals surface area contributed by atoms with Crippen molar-refractivity contribution in [2.45, 2.75) is 51.5 Å². The number of carbonyl (C=O) groups is 1. The average Bonchev–Trinajstić information content (AvgIpc) is 3.08. The maximum absolute atomic E-state index is 12.6. The smallest absolute Gasteiger partial charge is 0.220 e. The average molecular weight is 369 g/mol. The van der Waals surface area contributed by atoms with E-state index in [1.807, 2.05) is 5.38 Å². The first-order valence-electron chi connectivity index (χ1n) is 9.66. The molecule has 6 heteroatoms. The molecule has 2 heterocycles. The van der Waals surface area contributed by atoms with Gasteiger partial charge in [-0.3, -0.25) is 4.79 Å². The summed E-state index contributed by atoms with van der Waals surface area (Å²) < 4.78 is 0. The lowest BCUT2D eigenvalue weighted by Gasteiger charge is -2.56. The van der Waals surface area contributed by atoms with E-state index in [4.69, 9.17) is 0 Å². The standard InChI is InChI=1S/C20H24N4OS/c25-17(10-20-7-13-4-14(8-20)6-15(5-13)9-20)23-11-16-12-26-19(24-16)18-21-2-1-3-22-18/h1-3,12-15H,4-11H2,(H,23,25). The van der Waals surface area contributed by atoms with Gasteiger partial charge in [0.15, 0.2) is 10.8 Å². The summed E-state index contributed by atoms with van der Waals surface area (Å²) in [4.78, 5) is 25.6. The first-order valence-corrected chi connectivity index (χ1v) is 10.5. The highest BCUT2D eigenvalue weighted by molar-refractivity contribution is 7.13. The summed E-state index contributed by atoms with van der Waals surface area (Å²) in [5.74, 6) is 3.50. The van der Waals surface area contributed by atoms with E-state index in [0.29, 0.717) is 24.2 Å². The molecule has 26 heavy (non-hydrogen) atoms. The predicted molar refractivity (Wildman–Crippen MR) is 100 cm³/mol. The van der Waals surface area contributed by atoms with Crippen molar-refractivity contribution in [2.24, 2.45) is 23.2 Å². The molecule has 0 aromatic carbocycles. The van der Waals surface area contributed by atoms with Crippen molar-refractivity contribution in [1.82, 2.24) is 20.3 Å². The molecule has 4 bridgehead atoms. The van der Waals surface area contributed by atoms with E-state index in [9.17, 15) is 4.79 Å². The van der Waals surface area contributed by atoms with Gasteiger partial charge >= 0.3 is 0 Å². The fourth-order valence-electron chi connectivity index (χ4n) is 6.00. The Hall–Kier alpha value is -1.82. The molecular weight excluding hydrogens is 344 g/mol. The van der Waals surface area contributed by atoms with E-state index in [0.717, 1.165) is 28.5 Å². The lowest BCUT2D eigenvalue weighted by molar-refractivity contribution is -0.129. The summed E-state index contributed by atoms with van der Waals surface area (Å²) in [7, 11) is 0. The van der Waals surface area contributed by atoms with Gasteiger partial charge in [0.2, 0.25) is 5.91 Å². The van der Waals surface area contributed by atoms with Gasteiger partial charge in [-0.15, -0.1) is 11.3 Å². The molecule has 1 N–H and O–H groups in total. The molecular formula is C20H24N4OS. The van der Waals surface area contributed by atoms with Crippen LogP contribution in [0.2, 0.25) is 0 Å². The number of nitrogens with one attached hydrogen (secondary N) is 1. The highest BCUT2D eigenvalue weighted by Crippen LogP contribution is 2.61. The van der Waals surface area contributed by atoms with Crippen LogP contribution in [-0.4, -0.2) is 20.9 Å². The number of amides is 1. The Morgan fingerprint density at radius 3 is 2.42 bits per heavy atom. The molecule has 136 valence electrons. The molecule has 0 unspecified atom stereocenters. The fourth-order valence-corrected chi connectivity index (χ4v) is 6.76. The van der Waals surface area contributed by atoms with Crippen molar-refractivity contribution in [3.8, 4) is 10.8 Å². The third kappa shape index (κ3) is 3.15. The number of carbonyl (C=O) groups excluding carboxylic acids is 1. The molecule has 6 rings (SSSR count). The van der Waals surface area contributed by atoms with E-state index < -0.39 is 0 Å². The molecule has 1 amide bonds. The third-order valence-electron chi connectivity index (χ3n) is 6.48. The number of hydrogen-bond acceptors (Lipinski definition) is 5. The zero-order valence-electron chi connectivity index (χ0n) is 14.9. The van der Waals surface area contributed by atoms with Gasteiger partial charge in [-0.25, -0.2) is 15.0 Å². The van der Waals surface area contributed by atoms with E-state index in [-0.39, 0.29) is 5.91 Å². The van der Waals surface area contributed by atoms with Crippen LogP contribution in [0.5, 0.6) is 0 Å².